The van der Waals surface area contributed by atoms with E-state index in [1.54, 1.807) is 17.0 Å². The van der Waals surface area contributed by atoms with Crippen molar-refractivity contribution in [2.24, 2.45) is 0 Å². The zero-order chi connectivity index (χ0) is 26.2. The topological polar surface area (TPSA) is 132 Å². The van der Waals surface area contributed by atoms with Crippen molar-refractivity contribution in [3.63, 3.8) is 0 Å². The minimum Gasteiger partial charge on any atom is -0.469 e. The number of benzene rings is 1. The Labute approximate surface area is 207 Å². The summed E-state index contributed by atoms with van der Waals surface area (Å²) in [6.07, 6.45) is -0.387. The van der Waals surface area contributed by atoms with E-state index in [9.17, 15) is 28.4 Å². The zero-order valence-corrected chi connectivity index (χ0v) is 20.3. The number of hydrogen-bond acceptors (Lipinski definition) is 9. The number of hydrogen-bond donors (Lipinski definition) is 1. The Bertz CT molecular complexity index is 1010. The van der Waals surface area contributed by atoms with Crippen LogP contribution in [0.5, 0.6) is 0 Å². The summed E-state index contributed by atoms with van der Waals surface area (Å²) in [5, 5.41) is 2.61. The van der Waals surface area contributed by atoms with E-state index in [1.165, 1.54) is 25.0 Å². The quantitative estimate of drug-likeness (QED) is 0.375. The standard InChI is InChI=1S/C24H30FN3O8/c1-15(29)26-13-17-12-18(24(33)36-17)16-3-4-20(19(25)11-16)27-7-9-28(10-8-27)21(30)14-35-23(32)6-5-22(31)34-2/h3-4,11,17-18H,5-10,12-14H2,1-2H3,(H,26,29)/t17?,18-/m1/s1. The molecule has 3 rings (SSSR count). The molecule has 1 aromatic rings. The third-order valence-electron chi connectivity index (χ3n) is 6.11. The van der Waals surface area contributed by atoms with E-state index < -0.39 is 42.4 Å². The predicted molar refractivity (Wildman–Crippen MR) is 123 cm³/mol. The van der Waals surface area contributed by atoms with E-state index in [0.717, 1.165) is 0 Å². The highest BCUT2D eigenvalue weighted by Crippen LogP contribution is 2.33. The Balaban J connectivity index is 1.48. The van der Waals surface area contributed by atoms with Gasteiger partial charge in [0.1, 0.15) is 11.9 Å². The molecule has 0 spiro atoms. The van der Waals surface area contributed by atoms with Crippen LogP contribution in [0.2, 0.25) is 0 Å². The normalized spacial score (nSPS) is 19.5. The molecule has 2 atom stereocenters. The maximum Gasteiger partial charge on any atom is 0.313 e. The summed E-state index contributed by atoms with van der Waals surface area (Å²) >= 11 is 0. The summed E-state index contributed by atoms with van der Waals surface area (Å²) < 4.78 is 29.6. The second kappa shape index (κ2) is 12.3. The number of carbonyl (C=O) groups excluding carboxylic acids is 5. The smallest absolute Gasteiger partial charge is 0.313 e. The van der Waals surface area contributed by atoms with E-state index >= 15 is 0 Å². The first kappa shape index (κ1) is 26.9. The summed E-state index contributed by atoms with van der Waals surface area (Å²) in [6.45, 7) is 2.56. The van der Waals surface area contributed by atoms with Crippen molar-refractivity contribution in [2.45, 2.75) is 38.2 Å². The largest absolute Gasteiger partial charge is 0.469 e. The maximum absolute atomic E-state index is 15.0. The van der Waals surface area contributed by atoms with E-state index in [0.29, 0.717) is 43.9 Å². The fraction of sp³-hybridized carbons (Fsp3) is 0.542. The number of esters is 3. The lowest BCUT2D eigenvalue weighted by Crippen LogP contribution is -2.50. The highest BCUT2D eigenvalue weighted by atomic mass is 19.1. The van der Waals surface area contributed by atoms with Crippen LogP contribution in [0.25, 0.3) is 0 Å². The van der Waals surface area contributed by atoms with Crippen molar-refractivity contribution in [1.82, 2.24) is 10.2 Å². The molecule has 2 fully saturated rings. The predicted octanol–water partition coefficient (Wildman–Crippen LogP) is 0.506. The summed E-state index contributed by atoms with van der Waals surface area (Å²) in [7, 11) is 1.22. The van der Waals surface area contributed by atoms with Crippen molar-refractivity contribution < 1.29 is 42.6 Å². The highest BCUT2D eigenvalue weighted by molar-refractivity contribution is 5.83. The number of anilines is 1. The molecule has 36 heavy (non-hydrogen) atoms. The maximum atomic E-state index is 15.0. The average molecular weight is 508 g/mol. The summed E-state index contributed by atoms with van der Waals surface area (Å²) in [6, 6.07) is 4.63. The van der Waals surface area contributed by atoms with Gasteiger partial charge < -0.3 is 29.3 Å². The van der Waals surface area contributed by atoms with Gasteiger partial charge in [0.05, 0.1) is 38.1 Å². The molecule has 0 bridgehead atoms. The molecule has 11 nitrogen and oxygen atoms in total. The molecular weight excluding hydrogens is 477 g/mol. The number of piperazine rings is 1. The Morgan fingerprint density at radius 3 is 2.44 bits per heavy atom. The Hall–Kier alpha value is -3.70. The first-order chi connectivity index (χ1) is 17.2. The van der Waals surface area contributed by atoms with Gasteiger partial charge in [-0.2, -0.15) is 0 Å². The monoisotopic (exact) mass is 507 g/mol. The minimum absolute atomic E-state index is 0.119. The molecule has 0 radical (unpaired) electrons. The number of methoxy groups -OCH3 is 1. The van der Waals surface area contributed by atoms with Crippen LogP contribution in [0.3, 0.4) is 0 Å². The molecule has 0 aromatic heterocycles. The number of carbonyl (C=O) groups is 5. The van der Waals surface area contributed by atoms with Crippen LogP contribution in [0, 0.1) is 5.82 Å². The molecular formula is C24H30FN3O8. The minimum atomic E-state index is -0.665. The van der Waals surface area contributed by atoms with Crippen LogP contribution in [0.1, 0.15) is 37.7 Å². The third kappa shape index (κ3) is 7.15. The molecule has 2 aliphatic rings. The lowest BCUT2D eigenvalue weighted by Gasteiger charge is -2.36. The molecule has 12 heteroatoms. The van der Waals surface area contributed by atoms with Gasteiger partial charge in [0.25, 0.3) is 5.91 Å². The van der Waals surface area contributed by atoms with E-state index in [-0.39, 0.29) is 31.2 Å². The SMILES string of the molecule is COC(=O)CCC(=O)OCC(=O)N1CCN(c2ccc([C@H]3CC(CNC(C)=O)OC3=O)cc2F)CC1. The number of nitrogens with zero attached hydrogens (tertiary/aromatic N) is 2. The molecule has 0 aliphatic carbocycles. The van der Waals surface area contributed by atoms with Crippen molar-refractivity contribution in [3.05, 3.63) is 29.6 Å². The number of amides is 2. The highest BCUT2D eigenvalue weighted by Gasteiger charge is 2.36. The van der Waals surface area contributed by atoms with Crippen LogP contribution in [0.4, 0.5) is 10.1 Å². The van der Waals surface area contributed by atoms with E-state index in [1.807, 2.05) is 0 Å². The van der Waals surface area contributed by atoms with Crippen LogP contribution in [0.15, 0.2) is 18.2 Å². The Kier molecular flexibility index (Phi) is 9.20. The van der Waals surface area contributed by atoms with E-state index in [4.69, 9.17) is 9.47 Å². The van der Waals surface area contributed by atoms with Gasteiger partial charge in [-0.1, -0.05) is 6.07 Å². The molecule has 2 heterocycles. The lowest BCUT2D eigenvalue weighted by molar-refractivity contribution is -0.154. The molecule has 0 saturated carbocycles. The van der Waals surface area contributed by atoms with Gasteiger partial charge in [-0.25, -0.2) is 4.39 Å². The fourth-order valence-electron chi connectivity index (χ4n) is 4.11. The van der Waals surface area contributed by atoms with Gasteiger partial charge >= 0.3 is 17.9 Å². The number of nitrogens with one attached hydrogen (secondary N) is 1. The van der Waals surface area contributed by atoms with Crippen LogP contribution in [-0.2, 0) is 38.2 Å². The van der Waals surface area contributed by atoms with E-state index in [2.05, 4.69) is 10.1 Å². The molecule has 2 aliphatic heterocycles. The van der Waals surface area contributed by atoms with Gasteiger partial charge in [-0.15, -0.1) is 0 Å². The second-order valence-corrected chi connectivity index (χ2v) is 8.60. The Morgan fingerprint density at radius 2 is 1.81 bits per heavy atom. The van der Waals surface area contributed by atoms with Crippen LogP contribution in [-0.4, -0.2) is 87.2 Å². The third-order valence-corrected chi connectivity index (χ3v) is 6.11. The molecule has 2 saturated heterocycles. The molecule has 1 aromatic carbocycles. The number of rotatable bonds is 9. The first-order valence-corrected chi connectivity index (χ1v) is 11.7. The second-order valence-electron chi connectivity index (χ2n) is 8.60. The van der Waals surface area contributed by atoms with Crippen molar-refractivity contribution in [1.29, 1.82) is 0 Å². The summed E-state index contributed by atoms with van der Waals surface area (Å²) in [5.41, 5.74) is 0.871. The average Bonchev–Trinajstić information content (AvgIpc) is 3.25. The van der Waals surface area contributed by atoms with Crippen LogP contribution < -0.4 is 10.2 Å². The molecule has 2 amide bonds. The summed E-state index contributed by atoms with van der Waals surface area (Å²) in [4.78, 5) is 61.7. The number of halogens is 1. The zero-order valence-electron chi connectivity index (χ0n) is 20.3. The first-order valence-electron chi connectivity index (χ1n) is 11.7. The summed E-state index contributed by atoms with van der Waals surface area (Å²) in [5.74, 6) is -3.32. The van der Waals surface area contributed by atoms with Gasteiger partial charge in [-0.05, 0) is 17.7 Å². The van der Waals surface area contributed by atoms with Crippen molar-refractivity contribution in [3.8, 4) is 0 Å². The molecule has 1 N–H and O–H groups in total. The van der Waals surface area contributed by atoms with Crippen molar-refractivity contribution >= 4 is 35.4 Å². The van der Waals surface area contributed by atoms with Gasteiger partial charge in [0.2, 0.25) is 5.91 Å². The van der Waals surface area contributed by atoms with Crippen molar-refractivity contribution in [2.75, 3.05) is 51.3 Å². The van der Waals surface area contributed by atoms with Crippen LogP contribution >= 0.6 is 0 Å². The van der Waals surface area contributed by atoms with Gasteiger partial charge in [0, 0.05) is 39.5 Å². The van der Waals surface area contributed by atoms with Gasteiger partial charge in [-0.3, -0.25) is 24.0 Å². The fourth-order valence-corrected chi connectivity index (χ4v) is 4.11. The Morgan fingerprint density at radius 1 is 1.11 bits per heavy atom. The molecule has 1 unspecified atom stereocenters. The molecule has 196 valence electrons. The lowest BCUT2D eigenvalue weighted by atomic mass is 9.95. The number of cyclic esters (lactones) is 1. The number of ether oxygens (including phenoxy) is 3. The van der Waals surface area contributed by atoms with Gasteiger partial charge in [0.15, 0.2) is 6.61 Å².